The van der Waals surface area contributed by atoms with Crippen molar-refractivity contribution in [1.29, 1.82) is 0 Å². The molecule has 19 heavy (non-hydrogen) atoms. The summed E-state index contributed by atoms with van der Waals surface area (Å²) in [7, 11) is 0. The van der Waals surface area contributed by atoms with E-state index < -0.39 is 0 Å². The topological polar surface area (TPSA) is 26.0 Å². The zero-order chi connectivity index (χ0) is 13.8. The predicted molar refractivity (Wildman–Crippen MR) is 80.6 cm³/mol. The van der Waals surface area contributed by atoms with Gasteiger partial charge in [-0.05, 0) is 35.2 Å². The van der Waals surface area contributed by atoms with Gasteiger partial charge in [-0.1, -0.05) is 59.6 Å². The van der Waals surface area contributed by atoms with Gasteiger partial charge in [-0.2, -0.15) is 0 Å². The molecule has 0 radical (unpaired) electrons. The van der Waals surface area contributed by atoms with Crippen molar-refractivity contribution in [3.05, 3.63) is 69.4 Å². The van der Waals surface area contributed by atoms with Crippen LogP contribution in [0.3, 0.4) is 0 Å². The molecule has 0 saturated heterocycles. The third-order valence-electron chi connectivity index (χ3n) is 3.18. The summed E-state index contributed by atoms with van der Waals surface area (Å²) in [5, 5.41) is 0. The molecule has 0 aliphatic rings. The highest BCUT2D eigenvalue weighted by molar-refractivity contribution is 9.10. The molecule has 0 bridgehead atoms. The minimum Gasteiger partial charge on any atom is -0.320 e. The third-order valence-corrected chi connectivity index (χ3v) is 3.86. The molecule has 2 rings (SSSR count). The van der Waals surface area contributed by atoms with Crippen LogP contribution in [-0.4, -0.2) is 0 Å². The molecule has 0 aromatic heterocycles. The first-order valence-corrected chi connectivity index (χ1v) is 7.20. The molecule has 0 spiro atoms. The second-order valence-electron chi connectivity index (χ2n) is 4.64. The Morgan fingerprint density at radius 1 is 1.16 bits per heavy atom. The van der Waals surface area contributed by atoms with E-state index in [1.165, 1.54) is 17.7 Å². The molecule has 0 saturated carbocycles. The van der Waals surface area contributed by atoms with E-state index >= 15 is 0 Å². The summed E-state index contributed by atoms with van der Waals surface area (Å²) in [6, 6.07) is 12.7. The lowest BCUT2D eigenvalue weighted by molar-refractivity contribution is 0.625. The average molecular weight is 322 g/mol. The summed E-state index contributed by atoms with van der Waals surface area (Å²) in [4.78, 5) is 0. The van der Waals surface area contributed by atoms with E-state index in [0.717, 1.165) is 24.0 Å². The van der Waals surface area contributed by atoms with E-state index in [4.69, 9.17) is 5.73 Å². The molecule has 3 heteroatoms. The predicted octanol–water partition coefficient (Wildman–Crippen LogP) is 4.59. The van der Waals surface area contributed by atoms with Crippen LogP contribution in [0.4, 0.5) is 4.39 Å². The molecule has 0 amide bonds. The first kappa shape index (κ1) is 14.2. The van der Waals surface area contributed by atoms with Crippen LogP contribution < -0.4 is 5.73 Å². The van der Waals surface area contributed by atoms with Gasteiger partial charge < -0.3 is 5.73 Å². The number of nitrogens with two attached hydrogens (primary N) is 1. The van der Waals surface area contributed by atoms with Gasteiger partial charge in [0.2, 0.25) is 0 Å². The molecule has 0 aliphatic carbocycles. The van der Waals surface area contributed by atoms with Crippen molar-refractivity contribution in [3.63, 3.8) is 0 Å². The largest absolute Gasteiger partial charge is 0.320 e. The van der Waals surface area contributed by atoms with Crippen LogP contribution in [0.25, 0.3) is 0 Å². The van der Waals surface area contributed by atoms with Crippen LogP contribution in [0, 0.1) is 5.82 Å². The Bertz CT molecular complexity index is 551. The maximum Gasteiger partial charge on any atom is 0.124 e. The van der Waals surface area contributed by atoms with Gasteiger partial charge in [-0.3, -0.25) is 0 Å². The maximum atomic E-state index is 13.1. The SMILES string of the molecule is CCCc1ccc(C(N)c2ccc(F)cc2Br)cc1. The van der Waals surface area contributed by atoms with Gasteiger partial charge in [0.15, 0.2) is 0 Å². The first-order chi connectivity index (χ1) is 9.11. The maximum absolute atomic E-state index is 13.1. The standard InChI is InChI=1S/C16H17BrFN/c1-2-3-11-4-6-12(7-5-11)16(19)14-9-8-13(18)10-15(14)17/h4-10,16H,2-3,19H2,1H3. The Labute approximate surface area is 121 Å². The molecule has 100 valence electrons. The highest BCUT2D eigenvalue weighted by Gasteiger charge is 2.12. The molecular weight excluding hydrogens is 305 g/mol. The Kier molecular flexibility index (Phi) is 4.72. The van der Waals surface area contributed by atoms with Crippen LogP contribution >= 0.6 is 15.9 Å². The number of hydrogen-bond donors (Lipinski definition) is 1. The minimum atomic E-state index is -0.263. The van der Waals surface area contributed by atoms with Gasteiger partial charge in [0.1, 0.15) is 5.82 Å². The smallest absolute Gasteiger partial charge is 0.124 e. The number of aryl methyl sites for hydroxylation is 1. The molecule has 0 heterocycles. The number of halogens is 2. The highest BCUT2D eigenvalue weighted by Crippen LogP contribution is 2.27. The molecule has 0 aliphatic heterocycles. The monoisotopic (exact) mass is 321 g/mol. The van der Waals surface area contributed by atoms with Crippen molar-refractivity contribution in [2.24, 2.45) is 5.73 Å². The van der Waals surface area contributed by atoms with E-state index in [9.17, 15) is 4.39 Å². The lowest BCUT2D eigenvalue weighted by Gasteiger charge is -2.15. The van der Waals surface area contributed by atoms with Crippen LogP contribution in [-0.2, 0) is 6.42 Å². The van der Waals surface area contributed by atoms with Crippen molar-refractivity contribution in [2.45, 2.75) is 25.8 Å². The zero-order valence-electron chi connectivity index (χ0n) is 10.9. The molecule has 1 nitrogen and oxygen atoms in total. The summed E-state index contributed by atoms with van der Waals surface area (Å²) >= 11 is 3.36. The lowest BCUT2D eigenvalue weighted by atomic mass is 9.98. The Balaban J connectivity index is 2.25. The summed E-state index contributed by atoms with van der Waals surface area (Å²) < 4.78 is 13.8. The number of rotatable bonds is 4. The van der Waals surface area contributed by atoms with Crippen LogP contribution in [0.15, 0.2) is 46.9 Å². The van der Waals surface area contributed by atoms with Gasteiger partial charge in [0.05, 0.1) is 6.04 Å². The summed E-state index contributed by atoms with van der Waals surface area (Å²) in [5.41, 5.74) is 9.48. The second-order valence-corrected chi connectivity index (χ2v) is 5.49. The van der Waals surface area contributed by atoms with Gasteiger partial charge >= 0.3 is 0 Å². The van der Waals surface area contributed by atoms with E-state index in [1.54, 1.807) is 6.07 Å². The Hall–Kier alpha value is -1.19. The zero-order valence-corrected chi connectivity index (χ0v) is 12.5. The fourth-order valence-corrected chi connectivity index (χ4v) is 2.71. The third kappa shape index (κ3) is 3.43. The normalized spacial score (nSPS) is 12.4. The Morgan fingerprint density at radius 2 is 1.84 bits per heavy atom. The Morgan fingerprint density at radius 3 is 2.42 bits per heavy atom. The molecule has 1 unspecified atom stereocenters. The van der Waals surface area contributed by atoms with Gasteiger partial charge in [-0.25, -0.2) is 4.39 Å². The van der Waals surface area contributed by atoms with Crippen molar-refractivity contribution >= 4 is 15.9 Å². The summed E-state index contributed by atoms with van der Waals surface area (Å²) in [5.74, 6) is -0.263. The van der Waals surface area contributed by atoms with Crippen molar-refractivity contribution in [1.82, 2.24) is 0 Å². The van der Waals surface area contributed by atoms with E-state index in [2.05, 4.69) is 35.0 Å². The molecule has 1 atom stereocenters. The van der Waals surface area contributed by atoms with Crippen molar-refractivity contribution < 1.29 is 4.39 Å². The van der Waals surface area contributed by atoms with Crippen molar-refractivity contribution in [3.8, 4) is 0 Å². The van der Waals surface area contributed by atoms with Gasteiger partial charge in [0, 0.05) is 4.47 Å². The van der Waals surface area contributed by atoms with Crippen LogP contribution in [0.2, 0.25) is 0 Å². The quantitative estimate of drug-likeness (QED) is 0.875. The molecule has 0 fully saturated rings. The average Bonchev–Trinajstić information content (AvgIpc) is 2.39. The molecular formula is C16H17BrFN. The van der Waals surface area contributed by atoms with E-state index in [0.29, 0.717) is 4.47 Å². The number of hydrogen-bond acceptors (Lipinski definition) is 1. The molecule has 2 aromatic carbocycles. The van der Waals surface area contributed by atoms with Gasteiger partial charge in [0.25, 0.3) is 0 Å². The first-order valence-electron chi connectivity index (χ1n) is 6.41. The highest BCUT2D eigenvalue weighted by atomic mass is 79.9. The lowest BCUT2D eigenvalue weighted by Crippen LogP contribution is -2.12. The molecule has 2 aromatic rings. The second kappa shape index (κ2) is 6.31. The number of benzene rings is 2. The van der Waals surface area contributed by atoms with Crippen LogP contribution in [0.1, 0.15) is 36.1 Å². The summed E-state index contributed by atoms with van der Waals surface area (Å²) in [6.45, 7) is 2.16. The van der Waals surface area contributed by atoms with E-state index in [-0.39, 0.29) is 11.9 Å². The fraction of sp³-hybridized carbons (Fsp3) is 0.250. The van der Waals surface area contributed by atoms with E-state index in [1.807, 2.05) is 12.1 Å². The molecule has 2 N–H and O–H groups in total. The minimum absolute atomic E-state index is 0.245. The van der Waals surface area contributed by atoms with Gasteiger partial charge in [-0.15, -0.1) is 0 Å². The summed E-state index contributed by atoms with van der Waals surface area (Å²) in [6.07, 6.45) is 2.21. The van der Waals surface area contributed by atoms with Crippen LogP contribution in [0.5, 0.6) is 0 Å². The fourth-order valence-electron chi connectivity index (χ4n) is 2.11. The van der Waals surface area contributed by atoms with Crippen molar-refractivity contribution in [2.75, 3.05) is 0 Å².